The van der Waals surface area contributed by atoms with Gasteiger partial charge in [0, 0.05) is 30.2 Å². The number of benzene rings is 4. The number of rotatable bonds is 2. The van der Waals surface area contributed by atoms with Crippen molar-refractivity contribution in [3.8, 4) is 34.1 Å². The Morgan fingerprint density at radius 3 is 1.27 bits per heavy atom. The first kappa shape index (κ1) is 33.7. The molecule has 0 fully saturated rings. The zero-order chi connectivity index (χ0) is 29.4. The first-order valence-corrected chi connectivity index (χ1v) is 14.3. The van der Waals surface area contributed by atoms with Gasteiger partial charge in [-0.05, 0) is 70.5 Å². The monoisotopic (exact) mass is 942 g/mol. The van der Waals surface area contributed by atoms with Crippen molar-refractivity contribution in [2.24, 2.45) is 0 Å². The Morgan fingerprint density at radius 1 is 0.467 bits per heavy atom. The van der Waals surface area contributed by atoms with Crippen LogP contribution < -0.4 is 0 Å². The molecule has 2 aliphatic carbocycles. The number of pyridine rings is 2. The standard InChI is InChI=1S/2C15H9.C11H10N2.2Au/c2*1-2-11-7-8-15-13(9-11)10-12-5-3-4-6-14(12)15;1-3-7-12-10(5-1)9-11-6-2-4-8-13-11;;/h2*3-9H,10H2;1-8H,9H2;;/q2*-1;;2*+1. The summed E-state index contributed by atoms with van der Waals surface area (Å²) in [7, 11) is 0. The molecule has 0 atom stereocenters. The molecule has 0 saturated heterocycles. The predicted molar refractivity (Wildman–Crippen MR) is 173 cm³/mol. The normalized spacial score (nSPS) is 10.6. The van der Waals surface area contributed by atoms with Gasteiger partial charge in [0.1, 0.15) is 0 Å². The van der Waals surface area contributed by atoms with Crippen molar-refractivity contribution < 1.29 is 44.8 Å². The van der Waals surface area contributed by atoms with E-state index in [1.165, 1.54) is 44.5 Å². The minimum Gasteiger partial charge on any atom is -0.366 e. The zero-order valence-corrected chi connectivity index (χ0v) is 28.7. The number of hydrogen-bond donors (Lipinski definition) is 0. The van der Waals surface area contributed by atoms with Crippen molar-refractivity contribution in [1.29, 1.82) is 0 Å². The SMILES string of the molecule is [Au+].[Au+].[C-]#Cc1ccc2c(c1)Cc1ccccc1-2.[C-]#Cc1ccc2c(c1)Cc1ccccc1-2.c1ccc(Cc2ccccn2)nc1. The van der Waals surface area contributed by atoms with Crippen LogP contribution in [0.4, 0.5) is 0 Å². The van der Waals surface area contributed by atoms with Gasteiger partial charge in [0.05, 0.1) is 0 Å². The maximum Gasteiger partial charge on any atom is 1.00 e. The second-order valence-electron chi connectivity index (χ2n) is 10.5. The summed E-state index contributed by atoms with van der Waals surface area (Å²) in [4.78, 5) is 8.47. The van der Waals surface area contributed by atoms with Crippen LogP contribution in [0.5, 0.6) is 0 Å². The van der Waals surface area contributed by atoms with E-state index in [2.05, 4.69) is 94.6 Å². The number of aromatic nitrogens is 2. The van der Waals surface area contributed by atoms with Crippen LogP contribution in [0, 0.1) is 24.7 Å². The molecule has 0 saturated carbocycles. The maximum absolute atomic E-state index is 7.12. The summed E-state index contributed by atoms with van der Waals surface area (Å²) in [6.07, 6.45) is 20.6. The summed E-state index contributed by atoms with van der Waals surface area (Å²) in [6.45, 7) is 0. The van der Waals surface area contributed by atoms with E-state index in [-0.39, 0.29) is 44.8 Å². The molecule has 45 heavy (non-hydrogen) atoms. The van der Waals surface area contributed by atoms with Crippen LogP contribution in [0.1, 0.15) is 44.8 Å². The minimum atomic E-state index is 0. The van der Waals surface area contributed by atoms with Gasteiger partial charge >= 0.3 is 44.8 Å². The summed E-state index contributed by atoms with van der Waals surface area (Å²) in [5.41, 5.74) is 14.5. The van der Waals surface area contributed by atoms with Gasteiger partial charge in [-0.2, -0.15) is 0 Å². The quantitative estimate of drug-likeness (QED) is 0.0989. The van der Waals surface area contributed by atoms with Gasteiger partial charge in [-0.25, -0.2) is 0 Å². The van der Waals surface area contributed by atoms with Gasteiger partial charge in [0.25, 0.3) is 0 Å². The van der Waals surface area contributed by atoms with Crippen molar-refractivity contribution in [3.63, 3.8) is 0 Å². The molecule has 224 valence electrons. The molecule has 8 rings (SSSR count). The van der Waals surface area contributed by atoms with Crippen molar-refractivity contribution in [2.45, 2.75) is 19.3 Å². The van der Waals surface area contributed by atoms with Crippen LogP contribution in [0.15, 0.2) is 134 Å². The summed E-state index contributed by atoms with van der Waals surface area (Å²) in [6, 6.07) is 41.0. The third-order valence-electron chi connectivity index (χ3n) is 7.69. The second-order valence-corrected chi connectivity index (χ2v) is 10.5. The first-order valence-electron chi connectivity index (χ1n) is 14.3. The van der Waals surface area contributed by atoms with E-state index in [1.807, 2.05) is 48.5 Å². The summed E-state index contributed by atoms with van der Waals surface area (Å²) < 4.78 is 0. The molecule has 2 heterocycles. The van der Waals surface area contributed by atoms with Gasteiger partial charge in [-0.1, -0.05) is 83.9 Å². The van der Waals surface area contributed by atoms with Crippen LogP contribution in [0.2, 0.25) is 0 Å². The van der Waals surface area contributed by atoms with Gasteiger partial charge in [0.15, 0.2) is 0 Å². The molecule has 4 heteroatoms. The van der Waals surface area contributed by atoms with E-state index >= 15 is 0 Å². The van der Waals surface area contributed by atoms with Gasteiger partial charge in [-0.3, -0.25) is 21.8 Å². The Labute approximate surface area is 297 Å². The van der Waals surface area contributed by atoms with Crippen LogP contribution in [0.3, 0.4) is 0 Å². The molecule has 2 nitrogen and oxygen atoms in total. The molecule has 0 radical (unpaired) electrons. The molecule has 0 amide bonds. The summed E-state index contributed by atoms with van der Waals surface area (Å²) in [5.74, 6) is 4.87. The maximum atomic E-state index is 7.12. The van der Waals surface area contributed by atoms with Crippen molar-refractivity contribution in [2.75, 3.05) is 0 Å². The molecule has 2 aliphatic rings. The van der Waals surface area contributed by atoms with Crippen molar-refractivity contribution in [3.05, 3.63) is 191 Å². The fraction of sp³-hybridized carbons (Fsp3) is 0.0732. The molecule has 2 aromatic heterocycles. The zero-order valence-electron chi connectivity index (χ0n) is 24.3. The van der Waals surface area contributed by atoms with E-state index in [9.17, 15) is 0 Å². The Bertz CT molecular complexity index is 1830. The minimum absolute atomic E-state index is 0. The fourth-order valence-electron chi connectivity index (χ4n) is 5.64. The fourth-order valence-corrected chi connectivity index (χ4v) is 5.64. The summed E-state index contributed by atoms with van der Waals surface area (Å²) >= 11 is 0. The smallest absolute Gasteiger partial charge is 0.366 e. The average molecular weight is 943 g/mol. The van der Waals surface area contributed by atoms with Gasteiger partial charge < -0.3 is 12.8 Å². The Balaban J connectivity index is 0.000000151. The van der Waals surface area contributed by atoms with Gasteiger partial charge in [0.2, 0.25) is 0 Å². The molecular weight excluding hydrogens is 914 g/mol. The third kappa shape index (κ3) is 8.09. The molecule has 0 N–H and O–H groups in total. The van der Waals surface area contributed by atoms with E-state index in [4.69, 9.17) is 12.8 Å². The van der Waals surface area contributed by atoms with E-state index in [0.29, 0.717) is 0 Å². The van der Waals surface area contributed by atoms with E-state index < -0.39 is 0 Å². The molecule has 0 spiro atoms. The average Bonchev–Trinajstić information content (AvgIpc) is 3.63. The summed E-state index contributed by atoms with van der Waals surface area (Å²) in [5, 5.41) is 0. The predicted octanol–water partition coefficient (Wildman–Crippen LogP) is 8.45. The number of hydrogen-bond acceptors (Lipinski definition) is 2. The number of fused-ring (bicyclic) bond motifs is 6. The molecule has 4 aromatic carbocycles. The Kier molecular flexibility index (Phi) is 12.1. The van der Waals surface area contributed by atoms with Gasteiger partial charge in [-0.15, -0.1) is 35.4 Å². The molecule has 0 unspecified atom stereocenters. The molecule has 0 bridgehead atoms. The topological polar surface area (TPSA) is 25.8 Å². The van der Waals surface area contributed by atoms with Crippen LogP contribution in [0.25, 0.3) is 22.3 Å². The molecule has 0 aliphatic heterocycles. The first-order chi connectivity index (χ1) is 21.2. The van der Waals surface area contributed by atoms with Crippen molar-refractivity contribution in [1.82, 2.24) is 9.97 Å². The molecule has 6 aromatic rings. The number of nitrogens with zero attached hydrogens (tertiary/aromatic N) is 2. The van der Waals surface area contributed by atoms with E-state index in [1.54, 1.807) is 12.4 Å². The van der Waals surface area contributed by atoms with E-state index in [0.717, 1.165) is 41.8 Å². The largest absolute Gasteiger partial charge is 1.00 e. The molecular formula is C41H28Au2N2. The third-order valence-corrected chi connectivity index (χ3v) is 7.69. The van der Waals surface area contributed by atoms with Crippen LogP contribution in [-0.4, -0.2) is 9.97 Å². The van der Waals surface area contributed by atoms with Crippen molar-refractivity contribution >= 4 is 0 Å². The van der Waals surface area contributed by atoms with Crippen LogP contribution >= 0.6 is 0 Å². The Morgan fingerprint density at radius 2 is 0.867 bits per heavy atom. The Hall–Kier alpha value is -4.22. The van der Waals surface area contributed by atoms with Crippen LogP contribution in [-0.2, 0) is 64.0 Å². The second kappa shape index (κ2) is 16.2.